The van der Waals surface area contributed by atoms with Gasteiger partial charge in [0.2, 0.25) is 0 Å². The van der Waals surface area contributed by atoms with Crippen molar-refractivity contribution in [2.24, 2.45) is 0 Å². The first kappa shape index (κ1) is 9.78. The number of allylic oxidation sites excluding steroid dienone is 1. The van der Waals surface area contributed by atoms with Gasteiger partial charge in [-0.05, 0) is 25.5 Å². The number of fused-ring (bicyclic) bond motifs is 1. The van der Waals surface area contributed by atoms with Gasteiger partial charge in [-0.1, -0.05) is 36.9 Å². The number of hydrogen-bond donors (Lipinski definition) is 0. The smallest absolute Gasteiger partial charge is 0.138 e. The second kappa shape index (κ2) is 3.77. The Morgan fingerprint density at radius 2 is 2.13 bits per heavy atom. The van der Waals surface area contributed by atoms with Gasteiger partial charge in [-0.25, -0.2) is 0 Å². The maximum atomic E-state index is 5.76. The van der Waals surface area contributed by atoms with Gasteiger partial charge in [0.15, 0.2) is 0 Å². The molecule has 0 aliphatic heterocycles. The summed E-state index contributed by atoms with van der Waals surface area (Å²) < 4.78 is 5.76. The predicted molar refractivity (Wildman–Crippen MR) is 65.8 cm³/mol. The Morgan fingerprint density at radius 1 is 1.33 bits per heavy atom. The maximum absolute atomic E-state index is 5.76. The summed E-state index contributed by atoms with van der Waals surface area (Å²) in [5, 5.41) is 1.16. The molecule has 0 aliphatic rings. The fourth-order valence-electron chi connectivity index (χ4n) is 1.79. The van der Waals surface area contributed by atoms with Gasteiger partial charge in [0.05, 0.1) is 0 Å². The first-order valence-electron chi connectivity index (χ1n) is 5.05. The van der Waals surface area contributed by atoms with Gasteiger partial charge in [0, 0.05) is 10.9 Å². The molecule has 2 rings (SSSR count). The molecular formula is C14H14O. The number of furan rings is 1. The highest BCUT2D eigenvalue weighted by molar-refractivity contribution is 5.92. The second-order valence-electron chi connectivity index (χ2n) is 3.54. The Balaban J connectivity index is 2.85. The van der Waals surface area contributed by atoms with Crippen molar-refractivity contribution in [1.82, 2.24) is 0 Å². The van der Waals surface area contributed by atoms with Crippen molar-refractivity contribution in [3.8, 4) is 0 Å². The van der Waals surface area contributed by atoms with E-state index in [-0.39, 0.29) is 0 Å². The molecule has 0 saturated carbocycles. The van der Waals surface area contributed by atoms with Crippen LogP contribution in [0.5, 0.6) is 0 Å². The van der Waals surface area contributed by atoms with Gasteiger partial charge < -0.3 is 4.42 Å². The van der Waals surface area contributed by atoms with Gasteiger partial charge in [-0.3, -0.25) is 0 Å². The molecule has 0 aliphatic carbocycles. The van der Waals surface area contributed by atoms with Crippen LogP contribution >= 0.6 is 0 Å². The van der Waals surface area contributed by atoms with E-state index in [1.165, 1.54) is 0 Å². The summed E-state index contributed by atoms with van der Waals surface area (Å²) in [5.41, 5.74) is 3.23. The molecule has 76 valence electrons. The normalized spacial score (nSPS) is 11.3. The molecule has 0 atom stereocenters. The van der Waals surface area contributed by atoms with E-state index in [4.69, 9.17) is 4.42 Å². The average Bonchev–Trinajstić information content (AvgIpc) is 2.59. The van der Waals surface area contributed by atoms with Crippen molar-refractivity contribution < 1.29 is 4.42 Å². The lowest BCUT2D eigenvalue weighted by atomic mass is 10.1. The van der Waals surface area contributed by atoms with Gasteiger partial charge in [0.1, 0.15) is 11.3 Å². The number of aryl methyl sites for hydroxylation is 1. The number of benzene rings is 1. The van der Waals surface area contributed by atoms with Gasteiger partial charge in [0.25, 0.3) is 0 Å². The fraction of sp³-hybridized carbons (Fsp3) is 0.143. The summed E-state index contributed by atoms with van der Waals surface area (Å²) in [5.74, 6) is 0.845. The summed E-state index contributed by atoms with van der Waals surface area (Å²) in [6.45, 7) is 7.83. The molecule has 0 N–H and O–H groups in total. The molecule has 15 heavy (non-hydrogen) atoms. The molecule has 1 aromatic carbocycles. The Labute approximate surface area is 89.7 Å². The molecule has 0 saturated heterocycles. The van der Waals surface area contributed by atoms with Gasteiger partial charge in [-0.15, -0.1) is 0 Å². The van der Waals surface area contributed by atoms with Crippen LogP contribution in [0, 0.1) is 6.92 Å². The van der Waals surface area contributed by atoms with Crippen LogP contribution in [0.15, 0.2) is 35.3 Å². The summed E-state index contributed by atoms with van der Waals surface area (Å²) in [4.78, 5) is 0. The molecule has 0 unspecified atom stereocenters. The van der Waals surface area contributed by atoms with Crippen LogP contribution < -0.4 is 0 Å². The van der Waals surface area contributed by atoms with Gasteiger partial charge in [-0.2, -0.15) is 0 Å². The molecule has 0 amide bonds. The van der Waals surface area contributed by atoms with Gasteiger partial charge >= 0.3 is 0 Å². The Kier molecular flexibility index (Phi) is 2.46. The molecular weight excluding hydrogens is 184 g/mol. The van der Waals surface area contributed by atoms with E-state index in [2.05, 4.69) is 31.7 Å². The van der Waals surface area contributed by atoms with Crippen molar-refractivity contribution in [2.45, 2.75) is 13.8 Å². The molecule has 1 heterocycles. The van der Waals surface area contributed by atoms with E-state index in [0.29, 0.717) is 0 Å². The molecule has 1 heteroatoms. The van der Waals surface area contributed by atoms with Crippen LogP contribution in [0.1, 0.15) is 23.8 Å². The van der Waals surface area contributed by atoms with Crippen LogP contribution in [0.25, 0.3) is 23.1 Å². The monoisotopic (exact) mass is 198 g/mol. The van der Waals surface area contributed by atoms with Crippen molar-refractivity contribution >= 4 is 23.1 Å². The van der Waals surface area contributed by atoms with Crippen molar-refractivity contribution in [1.29, 1.82) is 0 Å². The van der Waals surface area contributed by atoms with Crippen LogP contribution in [-0.4, -0.2) is 0 Å². The highest BCUT2D eigenvalue weighted by Gasteiger charge is 2.10. The third-order valence-electron chi connectivity index (χ3n) is 2.50. The van der Waals surface area contributed by atoms with E-state index in [0.717, 1.165) is 27.9 Å². The standard InChI is InChI=1S/C14H14O/c1-4-7-11-12-9-6-8-10(3)14(12)15-13(11)5-2/h4-9H,2H2,1,3H3/b7-4-. The minimum Gasteiger partial charge on any atom is -0.456 e. The molecule has 0 bridgehead atoms. The zero-order valence-electron chi connectivity index (χ0n) is 9.08. The highest BCUT2D eigenvalue weighted by atomic mass is 16.3. The first-order valence-corrected chi connectivity index (χ1v) is 5.05. The van der Waals surface area contributed by atoms with Crippen molar-refractivity contribution in [3.05, 3.63) is 47.7 Å². The summed E-state index contributed by atoms with van der Waals surface area (Å²) >= 11 is 0. The lowest BCUT2D eigenvalue weighted by molar-refractivity contribution is 0.601. The quantitative estimate of drug-likeness (QED) is 0.696. The Hall–Kier alpha value is -1.76. The second-order valence-corrected chi connectivity index (χ2v) is 3.54. The third kappa shape index (κ3) is 1.50. The molecule has 0 radical (unpaired) electrons. The summed E-state index contributed by atoms with van der Waals surface area (Å²) in [7, 11) is 0. The van der Waals surface area contributed by atoms with E-state index in [1.807, 2.05) is 19.1 Å². The van der Waals surface area contributed by atoms with Crippen molar-refractivity contribution in [2.75, 3.05) is 0 Å². The molecule has 0 spiro atoms. The third-order valence-corrected chi connectivity index (χ3v) is 2.50. The topological polar surface area (TPSA) is 13.1 Å². The minimum atomic E-state index is 0.845. The molecule has 0 fully saturated rings. The zero-order chi connectivity index (χ0) is 10.8. The summed E-state index contributed by atoms with van der Waals surface area (Å²) in [6, 6.07) is 6.18. The lowest BCUT2D eigenvalue weighted by Gasteiger charge is -1.92. The molecule has 1 aromatic heterocycles. The lowest BCUT2D eigenvalue weighted by Crippen LogP contribution is -1.73. The SMILES string of the molecule is C=Cc1oc2c(C)cccc2c1/C=C\C. The van der Waals surface area contributed by atoms with Crippen molar-refractivity contribution in [3.63, 3.8) is 0 Å². The number of para-hydroxylation sites is 1. The van der Waals surface area contributed by atoms with Crippen LogP contribution in [0.4, 0.5) is 0 Å². The van der Waals surface area contributed by atoms with E-state index >= 15 is 0 Å². The summed E-state index contributed by atoms with van der Waals surface area (Å²) in [6.07, 6.45) is 5.83. The Morgan fingerprint density at radius 3 is 2.80 bits per heavy atom. The molecule has 1 nitrogen and oxygen atoms in total. The van der Waals surface area contributed by atoms with Crippen LogP contribution in [0.2, 0.25) is 0 Å². The molecule has 2 aromatic rings. The Bertz CT molecular complexity index is 530. The van der Waals surface area contributed by atoms with E-state index in [9.17, 15) is 0 Å². The number of hydrogen-bond acceptors (Lipinski definition) is 1. The van der Waals surface area contributed by atoms with E-state index in [1.54, 1.807) is 6.08 Å². The fourth-order valence-corrected chi connectivity index (χ4v) is 1.79. The largest absolute Gasteiger partial charge is 0.456 e. The maximum Gasteiger partial charge on any atom is 0.138 e. The predicted octanol–water partition coefficient (Wildman–Crippen LogP) is 4.42. The first-order chi connectivity index (χ1) is 7.27. The average molecular weight is 198 g/mol. The minimum absolute atomic E-state index is 0.845. The van der Waals surface area contributed by atoms with E-state index < -0.39 is 0 Å². The van der Waals surface area contributed by atoms with Crippen LogP contribution in [-0.2, 0) is 0 Å². The van der Waals surface area contributed by atoms with Crippen LogP contribution in [0.3, 0.4) is 0 Å². The highest BCUT2D eigenvalue weighted by Crippen LogP contribution is 2.29. The zero-order valence-corrected chi connectivity index (χ0v) is 9.08. The number of rotatable bonds is 2.